The quantitative estimate of drug-likeness (QED) is 0.694. The molecule has 0 amide bonds. The second-order valence-corrected chi connectivity index (χ2v) is 4.40. The van der Waals surface area contributed by atoms with Crippen molar-refractivity contribution in [1.82, 2.24) is 9.97 Å². The lowest BCUT2D eigenvalue weighted by atomic mass is 10.2. The minimum absolute atomic E-state index is 0.295. The fraction of sp³-hybridized carbons (Fsp3) is 0. The Morgan fingerprint density at radius 2 is 1.83 bits per heavy atom. The molecule has 0 aliphatic rings. The Labute approximate surface area is 106 Å². The van der Waals surface area contributed by atoms with Crippen molar-refractivity contribution < 1.29 is 4.39 Å². The van der Waals surface area contributed by atoms with Crippen molar-refractivity contribution in [2.45, 2.75) is 0 Å². The first-order valence-electron chi connectivity index (χ1n) is 5.31. The van der Waals surface area contributed by atoms with Gasteiger partial charge in [-0.1, -0.05) is 17.7 Å². The smallest absolute Gasteiger partial charge is 0.249 e. The highest BCUT2D eigenvalue weighted by molar-refractivity contribution is 6.30. The largest absolute Gasteiger partial charge is 0.353 e. The topological polar surface area (TPSA) is 48.6 Å². The molecular weight excluding hydrogens is 255 g/mol. The SMILES string of the molecule is O=c1cc(Cl)cc(-c2cc3c(F)cccc3[nH]2)[nH]1. The minimum atomic E-state index is -0.306. The zero-order chi connectivity index (χ0) is 12.7. The highest BCUT2D eigenvalue weighted by Crippen LogP contribution is 2.25. The Morgan fingerprint density at radius 3 is 2.56 bits per heavy atom. The van der Waals surface area contributed by atoms with E-state index in [4.69, 9.17) is 11.6 Å². The van der Waals surface area contributed by atoms with Crippen LogP contribution in [0.25, 0.3) is 22.3 Å². The number of H-pyrrole nitrogens is 2. The van der Waals surface area contributed by atoms with E-state index in [0.29, 0.717) is 27.3 Å². The lowest BCUT2D eigenvalue weighted by molar-refractivity contribution is 0.640. The molecule has 1 aromatic carbocycles. The molecular formula is C13H8ClFN2O. The molecule has 2 N–H and O–H groups in total. The van der Waals surface area contributed by atoms with Gasteiger partial charge in [-0.3, -0.25) is 4.79 Å². The van der Waals surface area contributed by atoms with Gasteiger partial charge in [-0.15, -0.1) is 0 Å². The van der Waals surface area contributed by atoms with Crippen molar-refractivity contribution in [3.8, 4) is 11.4 Å². The number of pyridine rings is 1. The number of hydrogen-bond acceptors (Lipinski definition) is 1. The first-order valence-corrected chi connectivity index (χ1v) is 5.69. The summed E-state index contributed by atoms with van der Waals surface area (Å²) in [6.45, 7) is 0. The van der Waals surface area contributed by atoms with Crippen LogP contribution in [0.5, 0.6) is 0 Å². The van der Waals surface area contributed by atoms with Crippen LogP contribution < -0.4 is 5.56 Å². The van der Waals surface area contributed by atoms with Crippen molar-refractivity contribution in [2.75, 3.05) is 0 Å². The maximum atomic E-state index is 13.6. The molecule has 0 saturated heterocycles. The average molecular weight is 263 g/mol. The van der Waals surface area contributed by atoms with Crippen molar-refractivity contribution in [2.24, 2.45) is 0 Å². The predicted octanol–water partition coefficient (Wildman–Crippen LogP) is 3.32. The zero-order valence-electron chi connectivity index (χ0n) is 9.13. The number of aromatic nitrogens is 2. The summed E-state index contributed by atoms with van der Waals surface area (Å²) in [6, 6.07) is 9.33. The van der Waals surface area contributed by atoms with E-state index in [1.807, 2.05) is 0 Å². The monoisotopic (exact) mass is 262 g/mol. The van der Waals surface area contributed by atoms with Crippen molar-refractivity contribution in [1.29, 1.82) is 0 Å². The molecule has 90 valence electrons. The van der Waals surface area contributed by atoms with Gasteiger partial charge in [-0.2, -0.15) is 0 Å². The van der Waals surface area contributed by atoms with Gasteiger partial charge in [0.25, 0.3) is 0 Å². The van der Waals surface area contributed by atoms with Crippen molar-refractivity contribution >= 4 is 22.5 Å². The minimum Gasteiger partial charge on any atom is -0.353 e. The summed E-state index contributed by atoms with van der Waals surface area (Å²) in [5.41, 5.74) is 1.53. The second-order valence-electron chi connectivity index (χ2n) is 3.96. The van der Waals surface area contributed by atoms with Gasteiger partial charge < -0.3 is 9.97 Å². The maximum absolute atomic E-state index is 13.6. The summed E-state index contributed by atoms with van der Waals surface area (Å²) in [5.74, 6) is -0.306. The van der Waals surface area contributed by atoms with Crippen LogP contribution in [-0.2, 0) is 0 Å². The van der Waals surface area contributed by atoms with Crippen LogP contribution in [-0.4, -0.2) is 9.97 Å². The number of rotatable bonds is 1. The van der Waals surface area contributed by atoms with E-state index >= 15 is 0 Å². The van der Waals surface area contributed by atoms with Gasteiger partial charge in [-0.25, -0.2) is 4.39 Å². The summed E-state index contributed by atoms with van der Waals surface area (Å²) in [5, 5.41) is 0.821. The Balaban J connectivity index is 2.25. The molecule has 0 aliphatic carbocycles. The molecule has 3 rings (SSSR count). The van der Waals surface area contributed by atoms with Gasteiger partial charge in [0, 0.05) is 22.0 Å². The number of hydrogen-bond donors (Lipinski definition) is 2. The third-order valence-electron chi connectivity index (χ3n) is 2.71. The van der Waals surface area contributed by atoms with Crippen molar-refractivity contribution in [3.05, 3.63) is 57.6 Å². The molecule has 0 aliphatic heterocycles. The van der Waals surface area contributed by atoms with E-state index in [-0.39, 0.29) is 11.4 Å². The fourth-order valence-corrected chi connectivity index (χ4v) is 2.13. The average Bonchev–Trinajstić information content (AvgIpc) is 2.73. The zero-order valence-corrected chi connectivity index (χ0v) is 9.88. The molecule has 0 saturated carbocycles. The third-order valence-corrected chi connectivity index (χ3v) is 2.93. The lowest BCUT2D eigenvalue weighted by Gasteiger charge is -1.97. The normalized spacial score (nSPS) is 11.0. The Morgan fingerprint density at radius 1 is 1.06 bits per heavy atom. The van der Waals surface area contributed by atoms with Gasteiger partial charge >= 0.3 is 0 Å². The summed E-state index contributed by atoms with van der Waals surface area (Å²) in [6.07, 6.45) is 0. The Hall–Kier alpha value is -2.07. The van der Waals surface area contributed by atoms with Gasteiger partial charge in [0.15, 0.2) is 0 Å². The van der Waals surface area contributed by atoms with Gasteiger partial charge in [-0.05, 0) is 24.3 Å². The Kier molecular flexibility index (Phi) is 2.45. The summed E-state index contributed by atoms with van der Waals surface area (Å²) in [7, 11) is 0. The van der Waals surface area contributed by atoms with Crippen LogP contribution in [0.15, 0.2) is 41.2 Å². The maximum Gasteiger partial charge on any atom is 0.249 e. The van der Waals surface area contributed by atoms with E-state index in [0.717, 1.165) is 0 Å². The van der Waals surface area contributed by atoms with Gasteiger partial charge in [0.1, 0.15) is 5.82 Å². The standard InChI is InChI=1S/C13H8ClFN2O/c14-7-4-11(17-13(18)5-7)12-6-8-9(15)2-1-3-10(8)16-12/h1-6,16H,(H,17,18). The second kappa shape index (κ2) is 3.99. The van der Waals surface area contributed by atoms with Crippen LogP contribution >= 0.6 is 11.6 Å². The Bertz CT molecular complexity index is 791. The number of halogens is 2. The molecule has 2 aromatic heterocycles. The number of nitrogens with one attached hydrogen (secondary N) is 2. The van der Waals surface area contributed by atoms with E-state index in [1.54, 1.807) is 24.3 Å². The molecule has 3 nitrogen and oxygen atoms in total. The fourth-order valence-electron chi connectivity index (χ4n) is 1.92. The lowest BCUT2D eigenvalue weighted by Crippen LogP contribution is -2.04. The number of benzene rings is 1. The third kappa shape index (κ3) is 1.80. The molecule has 0 radical (unpaired) electrons. The van der Waals surface area contributed by atoms with Gasteiger partial charge in [0.05, 0.1) is 11.4 Å². The molecule has 0 bridgehead atoms. The molecule has 2 heterocycles. The summed E-state index contributed by atoms with van der Waals surface area (Å²) >= 11 is 5.82. The summed E-state index contributed by atoms with van der Waals surface area (Å²) in [4.78, 5) is 17.0. The highest BCUT2D eigenvalue weighted by Gasteiger charge is 2.08. The number of fused-ring (bicyclic) bond motifs is 1. The molecule has 0 fully saturated rings. The predicted molar refractivity (Wildman–Crippen MR) is 69.3 cm³/mol. The molecule has 3 aromatic rings. The van der Waals surface area contributed by atoms with Crippen LogP contribution in [0.3, 0.4) is 0 Å². The van der Waals surface area contributed by atoms with Crippen LogP contribution in [0.2, 0.25) is 5.02 Å². The molecule has 0 atom stereocenters. The van der Waals surface area contributed by atoms with Crippen molar-refractivity contribution in [3.63, 3.8) is 0 Å². The van der Waals surface area contributed by atoms with E-state index < -0.39 is 0 Å². The van der Waals surface area contributed by atoms with Crippen LogP contribution in [0.1, 0.15) is 0 Å². The molecule has 18 heavy (non-hydrogen) atoms. The highest BCUT2D eigenvalue weighted by atomic mass is 35.5. The van der Waals surface area contributed by atoms with E-state index in [9.17, 15) is 9.18 Å². The number of aromatic amines is 2. The molecule has 0 unspecified atom stereocenters. The van der Waals surface area contributed by atoms with Crippen LogP contribution in [0, 0.1) is 5.82 Å². The summed E-state index contributed by atoms with van der Waals surface area (Å²) < 4.78 is 13.6. The molecule has 5 heteroatoms. The molecule has 0 spiro atoms. The van der Waals surface area contributed by atoms with E-state index in [1.165, 1.54) is 12.1 Å². The first-order chi connectivity index (χ1) is 8.63. The van der Waals surface area contributed by atoms with E-state index in [2.05, 4.69) is 9.97 Å². The first kappa shape index (κ1) is 11.0. The van der Waals surface area contributed by atoms with Gasteiger partial charge in [0.2, 0.25) is 5.56 Å². The van der Waals surface area contributed by atoms with Crippen LogP contribution in [0.4, 0.5) is 4.39 Å².